The molecule has 90 valence electrons. The summed E-state index contributed by atoms with van der Waals surface area (Å²) in [6.45, 7) is 0.203. The molecular formula is C11H18N2O3. The van der Waals surface area contributed by atoms with Crippen LogP contribution < -0.4 is 11.1 Å². The van der Waals surface area contributed by atoms with Gasteiger partial charge in [-0.25, -0.2) is 0 Å². The fourth-order valence-corrected chi connectivity index (χ4v) is 3.14. The Morgan fingerprint density at radius 1 is 1.31 bits per heavy atom. The van der Waals surface area contributed by atoms with E-state index in [1.807, 2.05) is 0 Å². The smallest absolute Gasteiger partial charge is 0.305 e. The topological polar surface area (TPSA) is 92.4 Å². The average Bonchev–Trinajstić information content (AvgIpc) is 2.76. The van der Waals surface area contributed by atoms with Crippen LogP contribution in [0.3, 0.4) is 0 Å². The molecule has 2 aliphatic rings. The summed E-state index contributed by atoms with van der Waals surface area (Å²) in [7, 11) is 0. The van der Waals surface area contributed by atoms with Crippen LogP contribution in [0.4, 0.5) is 0 Å². The van der Waals surface area contributed by atoms with Crippen molar-refractivity contribution in [2.24, 2.45) is 23.5 Å². The van der Waals surface area contributed by atoms with E-state index in [-0.39, 0.29) is 30.8 Å². The summed E-state index contributed by atoms with van der Waals surface area (Å²) in [6.07, 6.45) is 3.28. The molecule has 2 bridgehead atoms. The van der Waals surface area contributed by atoms with Crippen molar-refractivity contribution in [1.82, 2.24) is 5.32 Å². The first-order chi connectivity index (χ1) is 7.59. The van der Waals surface area contributed by atoms with E-state index in [9.17, 15) is 9.59 Å². The summed E-state index contributed by atoms with van der Waals surface area (Å²) in [5, 5.41) is 11.1. The van der Waals surface area contributed by atoms with Crippen LogP contribution >= 0.6 is 0 Å². The highest BCUT2D eigenvalue weighted by Crippen LogP contribution is 2.47. The van der Waals surface area contributed by atoms with Crippen LogP contribution in [-0.2, 0) is 9.59 Å². The molecule has 0 saturated heterocycles. The standard InChI is InChI=1S/C11H18N2O3/c12-10-7-2-1-6(5-7)9(10)11(16)13-4-3-8(14)15/h6-7,9-10H,1-5,12H2,(H,13,16)(H,14,15). The lowest BCUT2D eigenvalue weighted by molar-refractivity contribution is -0.137. The first-order valence-corrected chi connectivity index (χ1v) is 5.84. The van der Waals surface area contributed by atoms with Crippen molar-refractivity contribution in [2.45, 2.75) is 31.7 Å². The molecule has 0 radical (unpaired) electrons. The van der Waals surface area contributed by atoms with Gasteiger partial charge in [-0.15, -0.1) is 0 Å². The molecule has 2 rings (SSSR count). The van der Waals surface area contributed by atoms with Gasteiger partial charge < -0.3 is 16.2 Å². The molecule has 1 amide bonds. The van der Waals surface area contributed by atoms with Crippen LogP contribution in [0.2, 0.25) is 0 Å². The van der Waals surface area contributed by atoms with E-state index in [0.717, 1.165) is 19.3 Å². The Morgan fingerprint density at radius 2 is 2.00 bits per heavy atom. The SMILES string of the molecule is NC1C2CCC(C2)C1C(=O)NCCC(=O)O. The third-order valence-electron chi connectivity index (χ3n) is 3.92. The molecule has 4 unspecified atom stereocenters. The third kappa shape index (κ3) is 2.04. The molecule has 0 aliphatic heterocycles. The highest BCUT2D eigenvalue weighted by molar-refractivity contribution is 5.81. The number of carbonyl (C=O) groups excluding carboxylic acids is 1. The van der Waals surface area contributed by atoms with Crippen molar-refractivity contribution in [3.05, 3.63) is 0 Å². The van der Waals surface area contributed by atoms with Gasteiger partial charge in [0.15, 0.2) is 0 Å². The molecule has 2 aliphatic carbocycles. The molecular weight excluding hydrogens is 208 g/mol. The Bertz CT molecular complexity index is 304. The molecule has 0 aromatic heterocycles. The van der Waals surface area contributed by atoms with Crippen LogP contribution in [0, 0.1) is 17.8 Å². The molecule has 5 nitrogen and oxygen atoms in total. The Balaban J connectivity index is 1.83. The van der Waals surface area contributed by atoms with Crippen LogP contribution in [0.15, 0.2) is 0 Å². The van der Waals surface area contributed by atoms with E-state index in [4.69, 9.17) is 10.8 Å². The number of fused-ring (bicyclic) bond motifs is 2. The lowest BCUT2D eigenvalue weighted by Crippen LogP contribution is -2.45. The molecule has 5 heteroatoms. The third-order valence-corrected chi connectivity index (χ3v) is 3.92. The van der Waals surface area contributed by atoms with E-state index >= 15 is 0 Å². The van der Waals surface area contributed by atoms with Gasteiger partial charge in [-0.1, -0.05) is 0 Å². The lowest BCUT2D eigenvalue weighted by atomic mass is 9.84. The van der Waals surface area contributed by atoms with Gasteiger partial charge in [0.1, 0.15) is 0 Å². The highest BCUT2D eigenvalue weighted by Gasteiger charge is 2.48. The van der Waals surface area contributed by atoms with Gasteiger partial charge in [0.25, 0.3) is 0 Å². The van der Waals surface area contributed by atoms with Crippen molar-refractivity contribution < 1.29 is 14.7 Å². The van der Waals surface area contributed by atoms with Crippen molar-refractivity contribution in [3.63, 3.8) is 0 Å². The van der Waals surface area contributed by atoms with Gasteiger partial charge >= 0.3 is 5.97 Å². The van der Waals surface area contributed by atoms with E-state index in [1.165, 1.54) is 0 Å². The summed E-state index contributed by atoms with van der Waals surface area (Å²) < 4.78 is 0. The van der Waals surface area contributed by atoms with Crippen molar-refractivity contribution in [3.8, 4) is 0 Å². The normalized spacial score (nSPS) is 36.3. The van der Waals surface area contributed by atoms with E-state index in [0.29, 0.717) is 11.8 Å². The molecule has 4 N–H and O–H groups in total. The number of carbonyl (C=O) groups is 2. The Kier molecular flexibility index (Phi) is 3.14. The summed E-state index contributed by atoms with van der Waals surface area (Å²) in [4.78, 5) is 22.2. The zero-order valence-corrected chi connectivity index (χ0v) is 9.19. The van der Waals surface area contributed by atoms with Crippen LogP contribution in [0.1, 0.15) is 25.7 Å². The van der Waals surface area contributed by atoms with E-state index in [2.05, 4.69) is 5.32 Å². The fraction of sp³-hybridized carbons (Fsp3) is 0.818. The molecule has 0 heterocycles. The van der Waals surface area contributed by atoms with Crippen molar-refractivity contribution in [2.75, 3.05) is 6.54 Å². The zero-order chi connectivity index (χ0) is 11.7. The number of carboxylic acid groups (broad SMARTS) is 1. The molecule has 0 aromatic rings. The largest absolute Gasteiger partial charge is 0.481 e. The molecule has 16 heavy (non-hydrogen) atoms. The van der Waals surface area contributed by atoms with Gasteiger partial charge in [-0.05, 0) is 31.1 Å². The fourth-order valence-electron chi connectivity index (χ4n) is 3.14. The number of hydrogen-bond acceptors (Lipinski definition) is 3. The number of nitrogens with one attached hydrogen (secondary N) is 1. The van der Waals surface area contributed by atoms with Gasteiger partial charge in [0, 0.05) is 12.6 Å². The monoisotopic (exact) mass is 226 g/mol. The van der Waals surface area contributed by atoms with E-state index < -0.39 is 5.97 Å². The maximum absolute atomic E-state index is 11.8. The number of nitrogens with two attached hydrogens (primary N) is 1. The maximum Gasteiger partial charge on any atom is 0.305 e. The van der Waals surface area contributed by atoms with Gasteiger partial charge in [-0.2, -0.15) is 0 Å². The first-order valence-electron chi connectivity index (χ1n) is 5.84. The molecule has 0 aromatic carbocycles. The molecule has 0 spiro atoms. The number of aliphatic carboxylic acids is 1. The minimum atomic E-state index is -0.891. The summed E-state index contributed by atoms with van der Waals surface area (Å²) >= 11 is 0. The predicted molar refractivity (Wildman–Crippen MR) is 57.6 cm³/mol. The second-order valence-corrected chi connectivity index (χ2v) is 4.87. The molecule has 4 atom stereocenters. The first kappa shape index (κ1) is 11.4. The number of carboxylic acids is 1. The van der Waals surface area contributed by atoms with Crippen LogP contribution in [0.25, 0.3) is 0 Å². The second kappa shape index (κ2) is 4.41. The molecule has 2 fully saturated rings. The van der Waals surface area contributed by atoms with Crippen LogP contribution in [0.5, 0.6) is 0 Å². The minimum absolute atomic E-state index is 0.0245. The maximum atomic E-state index is 11.8. The van der Waals surface area contributed by atoms with Crippen LogP contribution in [-0.4, -0.2) is 29.6 Å². The van der Waals surface area contributed by atoms with Gasteiger partial charge in [0.2, 0.25) is 5.91 Å². The number of rotatable bonds is 4. The average molecular weight is 226 g/mol. The quantitative estimate of drug-likeness (QED) is 0.626. The summed E-state index contributed by atoms with van der Waals surface area (Å²) in [5.41, 5.74) is 6.02. The Labute approximate surface area is 94.4 Å². The predicted octanol–water partition coefficient (Wildman–Crippen LogP) is -0.0493. The summed E-state index contributed by atoms with van der Waals surface area (Å²) in [6, 6.07) is -0.0245. The number of amides is 1. The van der Waals surface area contributed by atoms with Gasteiger partial charge in [0.05, 0.1) is 12.3 Å². The zero-order valence-electron chi connectivity index (χ0n) is 9.19. The van der Waals surface area contributed by atoms with E-state index in [1.54, 1.807) is 0 Å². The van der Waals surface area contributed by atoms with Crippen molar-refractivity contribution in [1.29, 1.82) is 0 Å². The van der Waals surface area contributed by atoms with Crippen molar-refractivity contribution >= 4 is 11.9 Å². The number of hydrogen-bond donors (Lipinski definition) is 3. The summed E-state index contributed by atoms with van der Waals surface area (Å²) in [5.74, 6) is -0.115. The molecule has 2 saturated carbocycles. The lowest BCUT2D eigenvalue weighted by Gasteiger charge is -2.26. The van der Waals surface area contributed by atoms with Gasteiger partial charge in [-0.3, -0.25) is 9.59 Å². The Morgan fingerprint density at radius 3 is 2.56 bits per heavy atom. The highest BCUT2D eigenvalue weighted by atomic mass is 16.4. The second-order valence-electron chi connectivity index (χ2n) is 4.87. The minimum Gasteiger partial charge on any atom is -0.481 e. The Hall–Kier alpha value is -1.10.